The number of carboxylic acids is 1. The van der Waals surface area contributed by atoms with E-state index in [0.29, 0.717) is 36.7 Å². The van der Waals surface area contributed by atoms with Crippen molar-refractivity contribution in [1.29, 1.82) is 0 Å². The monoisotopic (exact) mass is 383 g/mol. The molecule has 28 heavy (non-hydrogen) atoms. The maximum Gasteiger partial charge on any atom is 0.303 e. The van der Waals surface area contributed by atoms with E-state index in [0.717, 1.165) is 11.1 Å². The average molecular weight is 383 g/mol. The van der Waals surface area contributed by atoms with Crippen molar-refractivity contribution in [3.8, 4) is 0 Å². The molecule has 0 spiro atoms. The number of nitrogen functional groups attached to an aromatic ring is 1. The highest BCUT2D eigenvalue weighted by molar-refractivity contribution is 6.22. The number of amides is 1. The van der Waals surface area contributed by atoms with Gasteiger partial charge in [-0.25, -0.2) is 4.98 Å². The Morgan fingerprint density at radius 2 is 1.96 bits per heavy atom. The molecule has 2 heterocycles. The normalized spacial score (nSPS) is 13.2. The van der Waals surface area contributed by atoms with E-state index >= 15 is 0 Å². The summed E-state index contributed by atoms with van der Waals surface area (Å²) >= 11 is 0. The van der Waals surface area contributed by atoms with E-state index in [9.17, 15) is 9.59 Å². The fraction of sp³-hybridized carbons (Fsp3) is 0.286. The third-order valence-electron chi connectivity index (χ3n) is 4.30. The number of aromatic nitrogens is 1. The molecule has 2 aromatic rings. The number of hydrogen-bond donors (Lipinski definition) is 2. The zero-order chi connectivity index (χ0) is 20.5. The largest absolute Gasteiger partial charge is 0.498 e. The second-order valence-corrected chi connectivity index (χ2v) is 6.17. The Bertz CT molecular complexity index is 832. The summed E-state index contributed by atoms with van der Waals surface area (Å²) in [7, 11) is 1.57. The van der Waals surface area contributed by atoms with Crippen LogP contribution < -0.4 is 5.73 Å². The molecule has 1 aromatic carbocycles. The minimum absolute atomic E-state index is 0.0207. The topological polar surface area (TPSA) is 106 Å². The number of nitrogens with zero attached hydrogens (tertiary/aromatic N) is 2. The Morgan fingerprint density at radius 1 is 1.25 bits per heavy atom. The van der Waals surface area contributed by atoms with Gasteiger partial charge in [-0.2, -0.15) is 0 Å². The maximum atomic E-state index is 12.3. The number of carbonyl (C=O) groups is 2. The SMILES string of the molecule is CCN1CC(OC)=C(c2ccc(CCC(=O)O)cc2)C1=O.Nc1ccccn1. The molecule has 0 bridgehead atoms. The van der Waals surface area contributed by atoms with Crippen molar-refractivity contribution in [2.24, 2.45) is 0 Å². The van der Waals surface area contributed by atoms with Crippen molar-refractivity contribution in [2.75, 3.05) is 25.9 Å². The predicted octanol–water partition coefficient (Wildman–Crippen LogP) is 2.59. The van der Waals surface area contributed by atoms with Gasteiger partial charge in [0.15, 0.2) is 0 Å². The highest BCUT2D eigenvalue weighted by atomic mass is 16.5. The van der Waals surface area contributed by atoms with Gasteiger partial charge < -0.3 is 20.5 Å². The molecular formula is C21H25N3O4. The smallest absolute Gasteiger partial charge is 0.303 e. The number of anilines is 1. The van der Waals surface area contributed by atoms with Crippen molar-refractivity contribution >= 4 is 23.3 Å². The van der Waals surface area contributed by atoms with Crippen molar-refractivity contribution in [3.63, 3.8) is 0 Å². The summed E-state index contributed by atoms with van der Waals surface area (Å²) in [5, 5.41) is 8.69. The molecule has 0 saturated carbocycles. The summed E-state index contributed by atoms with van der Waals surface area (Å²) in [4.78, 5) is 28.4. The molecule has 3 N–H and O–H groups in total. The van der Waals surface area contributed by atoms with Crippen LogP contribution in [0.3, 0.4) is 0 Å². The molecule has 148 valence electrons. The van der Waals surface area contributed by atoms with Crippen LogP contribution in [0.1, 0.15) is 24.5 Å². The first-order valence-corrected chi connectivity index (χ1v) is 9.00. The number of carbonyl (C=O) groups excluding carboxylic acids is 1. The van der Waals surface area contributed by atoms with E-state index in [2.05, 4.69) is 4.98 Å². The van der Waals surface area contributed by atoms with E-state index in [1.54, 1.807) is 24.3 Å². The molecule has 0 radical (unpaired) electrons. The van der Waals surface area contributed by atoms with E-state index in [1.165, 1.54) is 0 Å². The van der Waals surface area contributed by atoms with Crippen LogP contribution in [0.4, 0.5) is 5.82 Å². The maximum absolute atomic E-state index is 12.3. The quantitative estimate of drug-likeness (QED) is 0.794. The number of nitrogens with two attached hydrogens (primary N) is 1. The minimum atomic E-state index is -0.812. The number of methoxy groups -OCH3 is 1. The lowest BCUT2D eigenvalue weighted by molar-refractivity contribution is -0.137. The van der Waals surface area contributed by atoms with E-state index in [1.807, 2.05) is 43.3 Å². The highest BCUT2D eigenvalue weighted by Gasteiger charge is 2.31. The standard InChI is InChI=1S/C16H19NO4.C5H6N2/c1-3-17-10-13(21-2)15(16(17)20)12-7-4-11(5-8-12)6-9-14(18)19;6-5-3-1-2-4-7-5/h4-5,7-8H,3,6,9-10H2,1-2H3,(H,18,19);1-4H,(H2,6,7). The Balaban J connectivity index is 0.000000336. The third kappa shape index (κ3) is 5.57. The highest BCUT2D eigenvalue weighted by Crippen LogP contribution is 2.28. The van der Waals surface area contributed by atoms with E-state index in [4.69, 9.17) is 15.6 Å². The van der Waals surface area contributed by atoms with Gasteiger partial charge in [-0.05, 0) is 36.6 Å². The second-order valence-electron chi connectivity index (χ2n) is 6.17. The number of carboxylic acid groups (broad SMARTS) is 1. The lowest BCUT2D eigenvalue weighted by Crippen LogP contribution is -2.26. The Morgan fingerprint density at radius 3 is 2.43 bits per heavy atom. The summed E-state index contributed by atoms with van der Waals surface area (Å²) in [6.45, 7) is 3.08. The first-order valence-electron chi connectivity index (χ1n) is 9.00. The number of hydrogen-bond acceptors (Lipinski definition) is 5. The molecule has 0 atom stereocenters. The van der Waals surface area contributed by atoms with Crippen LogP contribution in [-0.4, -0.2) is 47.1 Å². The number of likely N-dealkylation sites (N-methyl/N-ethyl adjacent to an activating group) is 1. The molecule has 0 aliphatic carbocycles. The Kier molecular flexibility index (Phi) is 7.56. The molecule has 0 fully saturated rings. The van der Waals surface area contributed by atoms with Crippen molar-refractivity contribution in [1.82, 2.24) is 9.88 Å². The summed E-state index contributed by atoms with van der Waals surface area (Å²) in [5.41, 5.74) is 7.60. The Labute approximate surface area is 164 Å². The van der Waals surface area contributed by atoms with Gasteiger partial charge in [0.1, 0.15) is 11.6 Å². The van der Waals surface area contributed by atoms with Gasteiger partial charge in [0, 0.05) is 19.2 Å². The molecule has 1 aromatic heterocycles. The average Bonchev–Trinajstić information content (AvgIpc) is 3.03. The summed E-state index contributed by atoms with van der Waals surface area (Å²) < 4.78 is 5.33. The van der Waals surface area contributed by atoms with Gasteiger partial charge >= 0.3 is 5.97 Å². The van der Waals surface area contributed by atoms with Crippen LogP contribution in [0.25, 0.3) is 5.57 Å². The third-order valence-corrected chi connectivity index (χ3v) is 4.30. The van der Waals surface area contributed by atoms with Gasteiger partial charge in [-0.3, -0.25) is 9.59 Å². The van der Waals surface area contributed by atoms with Crippen molar-refractivity contribution in [3.05, 3.63) is 65.5 Å². The van der Waals surface area contributed by atoms with Crippen LogP contribution in [0.2, 0.25) is 0 Å². The molecule has 1 aliphatic rings. The van der Waals surface area contributed by atoms with Crippen molar-refractivity contribution in [2.45, 2.75) is 19.8 Å². The second kappa shape index (κ2) is 10.1. The minimum Gasteiger partial charge on any atom is -0.498 e. The number of rotatable bonds is 6. The number of aryl methyl sites for hydroxylation is 1. The van der Waals surface area contributed by atoms with Crippen LogP contribution in [0.5, 0.6) is 0 Å². The summed E-state index contributed by atoms with van der Waals surface area (Å²) in [6, 6.07) is 12.9. The van der Waals surface area contributed by atoms with Gasteiger partial charge in [0.05, 0.1) is 19.2 Å². The van der Waals surface area contributed by atoms with Crippen LogP contribution >= 0.6 is 0 Å². The number of benzene rings is 1. The zero-order valence-corrected chi connectivity index (χ0v) is 16.1. The summed E-state index contributed by atoms with van der Waals surface area (Å²) in [6.07, 6.45) is 2.25. The first kappa shape index (κ1) is 21.0. The molecule has 7 heteroatoms. The summed E-state index contributed by atoms with van der Waals surface area (Å²) in [5.74, 6) is 0.420. The zero-order valence-electron chi connectivity index (χ0n) is 16.1. The van der Waals surface area contributed by atoms with E-state index in [-0.39, 0.29) is 12.3 Å². The molecule has 3 rings (SSSR count). The van der Waals surface area contributed by atoms with Gasteiger partial charge in [-0.15, -0.1) is 0 Å². The van der Waals surface area contributed by atoms with Crippen LogP contribution in [0, 0.1) is 0 Å². The number of aliphatic carboxylic acids is 1. The fourth-order valence-electron chi connectivity index (χ4n) is 2.77. The van der Waals surface area contributed by atoms with Crippen molar-refractivity contribution < 1.29 is 19.4 Å². The van der Waals surface area contributed by atoms with Gasteiger partial charge in [0.2, 0.25) is 0 Å². The first-order chi connectivity index (χ1) is 13.5. The lowest BCUT2D eigenvalue weighted by atomic mass is 10.0. The molecule has 1 amide bonds. The van der Waals surface area contributed by atoms with Crippen LogP contribution in [-0.2, 0) is 20.7 Å². The lowest BCUT2D eigenvalue weighted by Gasteiger charge is -2.12. The fourth-order valence-corrected chi connectivity index (χ4v) is 2.77. The predicted molar refractivity (Wildman–Crippen MR) is 107 cm³/mol. The molecule has 1 aliphatic heterocycles. The van der Waals surface area contributed by atoms with Crippen LogP contribution in [0.15, 0.2) is 54.4 Å². The molecule has 0 saturated heterocycles. The van der Waals surface area contributed by atoms with Gasteiger partial charge in [-0.1, -0.05) is 30.3 Å². The molecular weight excluding hydrogens is 358 g/mol. The van der Waals surface area contributed by atoms with Gasteiger partial charge in [0.25, 0.3) is 5.91 Å². The number of ether oxygens (including phenoxy) is 1. The van der Waals surface area contributed by atoms with E-state index < -0.39 is 5.97 Å². The number of pyridine rings is 1. The molecule has 0 unspecified atom stereocenters. The molecule has 7 nitrogen and oxygen atoms in total. The Hall–Kier alpha value is -3.35.